The largest absolute Gasteiger partial charge is 0.494 e. The molecule has 0 radical (unpaired) electrons. The van der Waals surface area contributed by atoms with Crippen LogP contribution in [0.3, 0.4) is 0 Å². The number of ether oxygens (including phenoxy) is 2. The molecule has 0 aliphatic carbocycles. The van der Waals surface area contributed by atoms with E-state index >= 15 is 0 Å². The molecule has 1 fully saturated rings. The van der Waals surface area contributed by atoms with E-state index in [9.17, 15) is 4.79 Å². The minimum atomic E-state index is -1.21. The highest BCUT2D eigenvalue weighted by atomic mass is 16.5. The van der Waals surface area contributed by atoms with Crippen LogP contribution >= 0.6 is 0 Å². The Morgan fingerprint density at radius 2 is 1.68 bits per heavy atom. The number of amides is 1. The van der Waals surface area contributed by atoms with Crippen LogP contribution in [-0.4, -0.2) is 53.8 Å². The maximum Gasteiger partial charge on any atom is 0.266 e. The summed E-state index contributed by atoms with van der Waals surface area (Å²) in [6.07, 6.45) is 5.28. The van der Waals surface area contributed by atoms with E-state index in [0.717, 1.165) is 48.2 Å². The summed E-state index contributed by atoms with van der Waals surface area (Å²) < 4.78 is 12.2. The van der Waals surface area contributed by atoms with E-state index in [1.165, 1.54) is 6.42 Å². The van der Waals surface area contributed by atoms with Gasteiger partial charge in [0.1, 0.15) is 5.75 Å². The van der Waals surface area contributed by atoms with Crippen LogP contribution in [0.4, 0.5) is 0 Å². The maximum absolute atomic E-state index is 14.0. The Labute approximate surface area is 236 Å². The van der Waals surface area contributed by atoms with Gasteiger partial charge in [-0.1, -0.05) is 67.1 Å². The molecule has 0 spiro atoms. The van der Waals surface area contributed by atoms with E-state index < -0.39 is 11.6 Å². The third-order valence-electron chi connectivity index (χ3n) is 7.42. The maximum atomic E-state index is 14.0. The number of nitrogens with zero attached hydrogens (tertiary/aromatic N) is 2. The van der Waals surface area contributed by atoms with Crippen LogP contribution in [0.5, 0.6) is 5.75 Å². The SMILES string of the molecule is C=CC[C@]1(C(=O)NN2CCCCC2)N=C(c2ccc(OCCCO)cc2)O[C@H]1c1ccc(-c2ccccc2)cc1. The predicted octanol–water partition coefficient (Wildman–Crippen LogP) is 5.46. The summed E-state index contributed by atoms with van der Waals surface area (Å²) in [5, 5.41) is 11.0. The van der Waals surface area contributed by atoms with Crippen molar-refractivity contribution in [3.05, 3.63) is 103 Å². The Kier molecular flexibility index (Phi) is 8.94. The number of piperidine rings is 1. The van der Waals surface area contributed by atoms with Crippen LogP contribution in [-0.2, 0) is 9.53 Å². The first-order valence-electron chi connectivity index (χ1n) is 14.1. The van der Waals surface area contributed by atoms with Gasteiger partial charge in [0, 0.05) is 38.1 Å². The third kappa shape index (κ3) is 6.11. The lowest BCUT2D eigenvalue weighted by Gasteiger charge is -2.34. The minimum Gasteiger partial charge on any atom is -0.494 e. The zero-order valence-corrected chi connectivity index (χ0v) is 22.8. The van der Waals surface area contributed by atoms with Crippen molar-refractivity contribution in [2.24, 2.45) is 4.99 Å². The summed E-state index contributed by atoms with van der Waals surface area (Å²) in [5.74, 6) is 0.920. The van der Waals surface area contributed by atoms with E-state index in [-0.39, 0.29) is 12.5 Å². The number of aliphatic hydroxyl groups excluding tert-OH is 1. The Balaban J connectivity index is 1.47. The van der Waals surface area contributed by atoms with E-state index in [4.69, 9.17) is 19.6 Å². The van der Waals surface area contributed by atoms with Crippen molar-refractivity contribution in [1.29, 1.82) is 0 Å². The first-order valence-corrected chi connectivity index (χ1v) is 14.1. The fourth-order valence-electron chi connectivity index (χ4n) is 5.26. The molecule has 0 saturated carbocycles. The summed E-state index contributed by atoms with van der Waals surface area (Å²) in [5.41, 5.74) is 5.79. The molecule has 3 aromatic rings. The first-order chi connectivity index (χ1) is 19.6. The average Bonchev–Trinajstić information content (AvgIpc) is 3.39. The molecule has 40 heavy (non-hydrogen) atoms. The van der Waals surface area contributed by atoms with E-state index in [2.05, 4.69) is 36.3 Å². The van der Waals surface area contributed by atoms with Crippen LogP contribution in [0.15, 0.2) is 96.5 Å². The summed E-state index contributed by atoms with van der Waals surface area (Å²) >= 11 is 0. The number of aliphatic imine (C=N–C) groups is 1. The van der Waals surface area contributed by atoms with E-state index in [1.807, 2.05) is 59.6 Å². The van der Waals surface area contributed by atoms with Crippen molar-refractivity contribution in [2.45, 2.75) is 43.7 Å². The molecule has 7 heteroatoms. The van der Waals surface area contributed by atoms with Crippen LogP contribution in [0.1, 0.15) is 49.3 Å². The summed E-state index contributed by atoms with van der Waals surface area (Å²) in [6, 6.07) is 25.8. The molecule has 5 rings (SSSR count). The number of rotatable bonds is 11. The molecule has 1 amide bonds. The van der Waals surface area contributed by atoms with Gasteiger partial charge in [-0.15, -0.1) is 6.58 Å². The lowest BCUT2D eigenvalue weighted by atomic mass is 9.84. The van der Waals surface area contributed by atoms with Crippen LogP contribution < -0.4 is 10.2 Å². The topological polar surface area (TPSA) is 83.4 Å². The van der Waals surface area contributed by atoms with Gasteiger partial charge < -0.3 is 14.6 Å². The summed E-state index contributed by atoms with van der Waals surface area (Å²) in [4.78, 5) is 19.0. The van der Waals surface area contributed by atoms with Gasteiger partial charge in [-0.2, -0.15) is 0 Å². The highest BCUT2D eigenvalue weighted by molar-refractivity contribution is 6.01. The van der Waals surface area contributed by atoms with Crippen molar-refractivity contribution < 1.29 is 19.4 Å². The van der Waals surface area contributed by atoms with Gasteiger partial charge in [-0.05, 0) is 53.8 Å². The van der Waals surface area contributed by atoms with Gasteiger partial charge in [-0.3, -0.25) is 10.2 Å². The molecule has 2 aliphatic rings. The summed E-state index contributed by atoms with van der Waals surface area (Å²) in [7, 11) is 0. The smallest absolute Gasteiger partial charge is 0.266 e. The number of carbonyl (C=O) groups is 1. The second-order valence-electron chi connectivity index (χ2n) is 10.3. The number of nitrogens with one attached hydrogen (secondary N) is 1. The van der Waals surface area contributed by atoms with Crippen LogP contribution in [0, 0.1) is 0 Å². The number of aliphatic hydroxyl groups is 1. The molecule has 2 aliphatic heterocycles. The van der Waals surface area contributed by atoms with Crippen molar-refractivity contribution in [3.63, 3.8) is 0 Å². The van der Waals surface area contributed by atoms with Crippen LogP contribution in [0.25, 0.3) is 11.1 Å². The second kappa shape index (κ2) is 12.9. The van der Waals surface area contributed by atoms with Gasteiger partial charge in [0.2, 0.25) is 5.90 Å². The van der Waals surface area contributed by atoms with Gasteiger partial charge in [-0.25, -0.2) is 10.0 Å². The zero-order chi connectivity index (χ0) is 27.8. The molecule has 7 nitrogen and oxygen atoms in total. The average molecular weight is 540 g/mol. The van der Waals surface area contributed by atoms with Crippen molar-refractivity contribution in [1.82, 2.24) is 10.4 Å². The highest BCUT2D eigenvalue weighted by Gasteiger charge is 2.53. The molecule has 0 unspecified atom stereocenters. The monoisotopic (exact) mass is 539 g/mol. The standard InChI is InChI=1S/C33H37N3O4/c1-2-20-33(32(38)35-36-21-7-4-8-22-36)30(27-14-12-26(13-15-27)25-10-5-3-6-11-25)40-31(34-33)28-16-18-29(19-17-28)39-24-9-23-37/h2-3,5-6,10-19,30,37H,1,4,7-9,20-24H2,(H,35,38)/t30-,33-/m0/s1. The number of hydrazine groups is 1. The molecule has 2 atom stereocenters. The lowest BCUT2D eigenvalue weighted by Crippen LogP contribution is -2.55. The molecule has 3 aromatic carbocycles. The van der Waals surface area contributed by atoms with Gasteiger partial charge >= 0.3 is 0 Å². The summed E-state index contributed by atoms with van der Waals surface area (Å²) in [6.45, 7) is 6.14. The Bertz CT molecular complexity index is 1300. The number of hydrogen-bond acceptors (Lipinski definition) is 6. The van der Waals surface area contributed by atoms with E-state index in [1.54, 1.807) is 6.08 Å². The Morgan fingerprint density at radius 3 is 2.35 bits per heavy atom. The van der Waals surface area contributed by atoms with Gasteiger partial charge in [0.15, 0.2) is 11.6 Å². The zero-order valence-electron chi connectivity index (χ0n) is 22.8. The molecule has 0 aromatic heterocycles. The normalized spacial score (nSPS) is 20.8. The third-order valence-corrected chi connectivity index (χ3v) is 7.42. The van der Waals surface area contributed by atoms with Gasteiger partial charge in [0.25, 0.3) is 5.91 Å². The highest BCUT2D eigenvalue weighted by Crippen LogP contribution is 2.43. The van der Waals surface area contributed by atoms with Crippen molar-refractivity contribution in [2.75, 3.05) is 26.3 Å². The Hall–Kier alpha value is -3.94. The molecular formula is C33H37N3O4. The molecule has 1 saturated heterocycles. The van der Waals surface area contributed by atoms with Gasteiger partial charge in [0.05, 0.1) is 6.61 Å². The van der Waals surface area contributed by atoms with E-state index in [0.29, 0.717) is 31.1 Å². The minimum absolute atomic E-state index is 0.0846. The number of hydrogen-bond donors (Lipinski definition) is 2. The molecule has 208 valence electrons. The quantitative estimate of drug-likeness (QED) is 0.250. The second-order valence-corrected chi connectivity index (χ2v) is 10.3. The predicted molar refractivity (Wildman–Crippen MR) is 157 cm³/mol. The first kappa shape index (κ1) is 27.6. The lowest BCUT2D eigenvalue weighted by molar-refractivity contribution is -0.134. The molecule has 2 heterocycles. The molecular weight excluding hydrogens is 502 g/mol. The Morgan fingerprint density at radius 1 is 1.00 bits per heavy atom. The van der Waals surface area contributed by atoms with Crippen molar-refractivity contribution >= 4 is 11.8 Å². The number of carbonyl (C=O) groups excluding carboxylic acids is 1. The fraction of sp³-hybridized carbons (Fsp3) is 0.333. The fourth-order valence-corrected chi connectivity index (χ4v) is 5.26. The molecule has 0 bridgehead atoms. The molecule has 2 N–H and O–H groups in total. The van der Waals surface area contributed by atoms with Crippen molar-refractivity contribution in [3.8, 4) is 16.9 Å². The number of benzene rings is 3. The van der Waals surface area contributed by atoms with Crippen LogP contribution in [0.2, 0.25) is 0 Å².